The summed E-state index contributed by atoms with van der Waals surface area (Å²) in [5, 5.41) is 0. The van der Waals surface area contributed by atoms with E-state index in [9.17, 15) is 0 Å². The molecule has 0 fully saturated rings. The van der Waals surface area contributed by atoms with Gasteiger partial charge in [-0.25, -0.2) is 0 Å². The van der Waals surface area contributed by atoms with Gasteiger partial charge >= 0.3 is 26.7 Å². The Hall–Kier alpha value is 0.460. The second-order valence-corrected chi connectivity index (χ2v) is 1.28. The third kappa shape index (κ3) is 2.46. The average molecular weight is 94.0 g/mol. The van der Waals surface area contributed by atoms with Gasteiger partial charge in [0.25, 0.3) is 0 Å². The van der Waals surface area contributed by atoms with Gasteiger partial charge in [-0.1, -0.05) is 0 Å². The van der Waals surface area contributed by atoms with Gasteiger partial charge in [0, 0.05) is 0 Å². The molecule has 4 heavy (non-hydrogen) atoms. The summed E-state index contributed by atoms with van der Waals surface area (Å²) in [6, 6.07) is 0. The van der Waals surface area contributed by atoms with Crippen molar-refractivity contribution in [2.45, 2.75) is 0 Å². The van der Waals surface area contributed by atoms with Crippen LogP contribution in [-0.4, -0.2) is 0 Å². The van der Waals surface area contributed by atoms with Gasteiger partial charge in [0.2, 0.25) is 0 Å². The molecule has 0 amide bonds. The fraction of sp³-hybridized carbons (Fsp3) is 0. The quantitative estimate of drug-likeness (QED) is 0.415. The molecule has 0 aliphatic carbocycles. The van der Waals surface area contributed by atoms with Crippen LogP contribution in [-0.2, 0) is 4.57 Å². The fourth-order valence-electron chi connectivity index (χ4n) is 0. The molecule has 0 rings (SSSR count). The molecule has 2 nitrogen and oxygen atoms in total. The predicted molar refractivity (Wildman–Crippen MR) is 19.7 cm³/mol. The summed E-state index contributed by atoms with van der Waals surface area (Å²) >= 11 is 0. The molecule has 0 aromatic rings. The maximum absolute atomic E-state index is 9.08. The second-order valence-electron chi connectivity index (χ2n) is 0.197. The van der Waals surface area contributed by atoms with Gasteiger partial charge in [-0.2, -0.15) is 0 Å². The molecule has 0 bridgehead atoms. The van der Waals surface area contributed by atoms with Crippen molar-refractivity contribution < 1.29 is 4.57 Å². The average Bonchev–Trinajstić information content (AvgIpc) is 1.37. The van der Waals surface area contributed by atoms with Crippen LogP contribution >= 0.6 is 17.6 Å². The van der Waals surface area contributed by atoms with Crippen LogP contribution < -0.4 is 0 Å². The first-order valence-electron chi connectivity index (χ1n) is 0.641. The summed E-state index contributed by atoms with van der Waals surface area (Å²) in [7, 11) is 1.79. The van der Waals surface area contributed by atoms with Gasteiger partial charge in [-0.3, -0.25) is 0 Å². The summed E-state index contributed by atoms with van der Waals surface area (Å²) in [4.78, 5) is 0. The van der Waals surface area contributed by atoms with Gasteiger partial charge in [0.1, 0.15) is 0 Å². The van der Waals surface area contributed by atoms with Crippen molar-refractivity contribution in [3.63, 3.8) is 0 Å². The van der Waals surface area contributed by atoms with E-state index in [1.807, 2.05) is 9.39 Å². The molecule has 0 aliphatic heterocycles. The van der Waals surface area contributed by atoms with Gasteiger partial charge < -0.3 is 0 Å². The van der Waals surface area contributed by atoms with Crippen LogP contribution in [0.5, 0.6) is 0 Å². The Balaban J connectivity index is 3.11. The Labute approximate surface area is 27.8 Å². The van der Waals surface area contributed by atoms with Gasteiger partial charge in [-0.05, 0) is 0 Å². The molecule has 0 aromatic carbocycles. The molecular weight excluding hydrogens is 92.0 g/mol. The van der Waals surface area contributed by atoms with Gasteiger partial charge in [0.05, 0.1) is 0 Å². The summed E-state index contributed by atoms with van der Waals surface area (Å²) in [5.41, 5.74) is 0. The zero-order valence-corrected chi connectivity index (χ0v) is 3.93. The van der Waals surface area contributed by atoms with Gasteiger partial charge in [0.15, 0.2) is 0 Å². The van der Waals surface area contributed by atoms with E-state index in [-0.39, 0.29) is 8.25 Å². The monoisotopic (exact) mass is 94.0 g/mol. The Kier molecular flexibility index (Phi) is 3.86. The molecule has 0 saturated heterocycles. The molecule has 1 unspecified atom stereocenters. The first-order chi connectivity index (χ1) is 1.91. The van der Waals surface area contributed by atoms with Crippen molar-refractivity contribution in [3.8, 4) is 0 Å². The van der Waals surface area contributed by atoms with Crippen LogP contribution in [0.15, 0.2) is 4.52 Å². The summed E-state index contributed by atoms with van der Waals surface area (Å²) in [6.45, 7) is 0. The Morgan fingerprint density at radius 1 is 2.00 bits per heavy atom. The minimum absolute atomic E-state index is 0.164. The van der Waals surface area contributed by atoms with E-state index in [1.165, 1.54) is 0 Å². The zero-order chi connectivity index (χ0) is 3.41. The van der Waals surface area contributed by atoms with E-state index >= 15 is 0 Å². The molecule has 0 spiro atoms. The number of hydrogen-bond acceptors (Lipinski definition) is 2. The van der Waals surface area contributed by atoms with Gasteiger partial charge in [-0.15, -0.1) is 0 Å². The molecule has 4 heteroatoms. The van der Waals surface area contributed by atoms with Crippen LogP contribution in [0.3, 0.4) is 0 Å². The van der Waals surface area contributed by atoms with E-state index < -0.39 is 0 Å². The van der Waals surface area contributed by atoms with Crippen molar-refractivity contribution in [3.05, 3.63) is 0 Å². The number of hydrogen-bond donors (Lipinski definition) is 0. The van der Waals surface area contributed by atoms with Crippen molar-refractivity contribution in [2.24, 2.45) is 4.52 Å². The van der Waals surface area contributed by atoms with Crippen LogP contribution in [0.25, 0.3) is 0 Å². The van der Waals surface area contributed by atoms with E-state index in [2.05, 4.69) is 4.52 Å². The van der Waals surface area contributed by atoms with Crippen molar-refractivity contribution in [1.29, 1.82) is 0 Å². The van der Waals surface area contributed by atoms with Crippen molar-refractivity contribution >= 4 is 17.6 Å². The van der Waals surface area contributed by atoms with E-state index in [4.69, 9.17) is 4.57 Å². The molecular formula is H2NOP2+. The molecule has 0 radical (unpaired) electrons. The number of nitrogens with zero attached hydrogens (tertiary/aromatic N) is 1. The fourth-order valence-corrected chi connectivity index (χ4v) is 0. The number of rotatable bonds is 0. The zero-order valence-electron chi connectivity index (χ0n) is 1.88. The molecule has 1 atom stereocenters. The molecule has 0 heterocycles. The maximum atomic E-state index is 9.08. The molecule has 0 aliphatic rings. The Morgan fingerprint density at radius 3 is 2.25 bits per heavy atom. The van der Waals surface area contributed by atoms with Crippen LogP contribution in [0.1, 0.15) is 0 Å². The second kappa shape index (κ2) is 3.46. The third-order valence-electron chi connectivity index (χ3n) is 0.0471. The normalized spacial score (nSPS) is 5.25. The van der Waals surface area contributed by atoms with Crippen molar-refractivity contribution in [2.75, 3.05) is 0 Å². The van der Waals surface area contributed by atoms with Crippen LogP contribution in [0.4, 0.5) is 0 Å². The van der Waals surface area contributed by atoms with Crippen molar-refractivity contribution in [1.82, 2.24) is 0 Å². The topological polar surface area (TPSA) is 29.4 Å². The predicted octanol–water partition coefficient (Wildman–Crippen LogP) is 1.25. The molecule has 0 N–H and O–H groups in total. The summed E-state index contributed by atoms with van der Waals surface area (Å²) < 4.78 is 12.2. The Bertz CT molecular complexity index is 44.0. The first-order valence-corrected chi connectivity index (χ1v) is 1.92. The Morgan fingerprint density at radius 2 is 2.25 bits per heavy atom. The third-order valence-corrected chi connectivity index (χ3v) is 0.424. The van der Waals surface area contributed by atoms with Crippen LogP contribution in [0.2, 0.25) is 0 Å². The van der Waals surface area contributed by atoms with E-state index in [1.54, 1.807) is 0 Å². The summed E-state index contributed by atoms with van der Waals surface area (Å²) in [6.07, 6.45) is 0. The summed E-state index contributed by atoms with van der Waals surface area (Å²) in [5.74, 6) is 0. The molecule has 0 aromatic heterocycles. The molecule has 0 saturated carbocycles. The first kappa shape index (κ1) is 4.46. The van der Waals surface area contributed by atoms with Crippen LogP contribution in [0, 0.1) is 0 Å². The standard InChI is InChI=1S/H2NOP2/c2-4-1-3/h3H2/q+1. The van der Waals surface area contributed by atoms with E-state index in [0.29, 0.717) is 0 Å². The SMILES string of the molecule is O=[P+]=NP. The molecule has 22 valence electrons. The minimum atomic E-state index is -0.164. The van der Waals surface area contributed by atoms with E-state index in [0.717, 1.165) is 0 Å².